The quantitative estimate of drug-likeness (QED) is 0.723. The van der Waals surface area contributed by atoms with Crippen LogP contribution in [0.5, 0.6) is 5.75 Å². The number of benzene rings is 2. The molecule has 1 heterocycles. The van der Waals surface area contributed by atoms with E-state index in [2.05, 4.69) is 10.2 Å². The Hall–Kier alpha value is -3.08. The van der Waals surface area contributed by atoms with E-state index in [-0.39, 0.29) is 5.97 Å². The van der Waals surface area contributed by atoms with E-state index in [1.807, 2.05) is 42.5 Å². The van der Waals surface area contributed by atoms with Crippen LogP contribution in [-0.4, -0.2) is 29.9 Å². The van der Waals surface area contributed by atoms with Crippen molar-refractivity contribution in [2.24, 2.45) is 0 Å². The zero-order valence-electron chi connectivity index (χ0n) is 13.6. The summed E-state index contributed by atoms with van der Waals surface area (Å²) < 4.78 is 10.1. The lowest BCUT2D eigenvalue weighted by Crippen LogP contribution is -2.03. The molecule has 1 aromatic heterocycles. The topological polar surface area (TPSA) is 64.2 Å². The van der Waals surface area contributed by atoms with Gasteiger partial charge >= 0.3 is 5.97 Å². The monoisotopic (exact) mass is 322 g/mol. The number of nitrogens with one attached hydrogen (secondary N) is 1. The van der Waals surface area contributed by atoms with Crippen LogP contribution in [0, 0.1) is 0 Å². The second kappa shape index (κ2) is 7.00. The van der Waals surface area contributed by atoms with Gasteiger partial charge in [-0.3, -0.25) is 5.10 Å². The van der Waals surface area contributed by atoms with Crippen LogP contribution in [0.1, 0.15) is 17.3 Å². The fourth-order valence-corrected chi connectivity index (χ4v) is 2.38. The van der Waals surface area contributed by atoms with Crippen LogP contribution in [0.15, 0.2) is 54.6 Å². The van der Waals surface area contributed by atoms with E-state index in [0.29, 0.717) is 12.2 Å². The molecule has 0 bridgehead atoms. The molecule has 3 rings (SSSR count). The fourth-order valence-electron chi connectivity index (χ4n) is 2.38. The number of hydrogen-bond acceptors (Lipinski definition) is 4. The molecule has 0 radical (unpaired) electrons. The van der Waals surface area contributed by atoms with E-state index in [0.717, 1.165) is 28.3 Å². The Bertz CT molecular complexity index is 821. The summed E-state index contributed by atoms with van der Waals surface area (Å²) in [6.07, 6.45) is 0. The lowest BCUT2D eigenvalue weighted by molar-refractivity contribution is 0.0526. The van der Waals surface area contributed by atoms with Gasteiger partial charge in [0, 0.05) is 5.56 Å². The number of aromatic amines is 1. The minimum absolute atomic E-state index is 0.312. The highest BCUT2D eigenvalue weighted by Gasteiger charge is 2.09. The van der Waals surface area contributed by atoms with Gasteiger partial charge in [-0.25, -0.2) is 4.79 Å². The molecule has 0 atom stereocenters. The molecule has 0 aliphatic rings. The van der Waals surface area contributed by atoms with Gasteiger partial charge in [0.25, 0.3) is 0 Å². The van der Waals surface area contributed by atoms with Crippen molar-refractivity contribution in [1.82, 2.24) is 10.2 Å². The molecule has 0 saturated carbocycles. The highest BCUT2D eigenvalue weighted by molar-refractivity contribution is 5.90. The minimum atomic E-state index is -0.312. The largest absolute Gasteiger partial charge is 0.497 e. The molecule has 24 heavy (non-hydrogen) atoms. The highest BCUT2D eigenvalue weighted by Crippen LogP contribution is 2.25. The third-order valence-corrected chi connectivity index (χ3v) is 3.67. The summed E-state index contributed by atoms with van der Waals surface area (Å²) >= 11 is 0. The van der Waals surface area contributed by atoms with Crippen molar-refractivity contribution in [2.45, 2.75) is 6.92 Å². The van der Waals surface area contributed by atoms with Crippen LogP contribution in [0.4, 0.5) is 0 Å². The summed E-state index contributed by atoms with van der Waals surface area (Å²) in [5.74, 6) is 0.497. The summed E-state index contributed by atoms with van der Waals surface area (Å²) in [6.45, 7) is 2.16. The van der Waals surface area contributed by atoms with Crippen molar-refractivity contribution in [2.75, 3.05) is 13.7 Å². The molecule has 1 N–H and O–H groups in total. The van der Waals surface area contributed by atoms with Crippen molar-refractivity contribution in [1.29, 1.82) is 0 Å². The molecule has 0 fully saturated rings. The molecule has 0 unspecified atom stereocenters. The van der Waals surface area contributed by atoms with Crippen LogP contribution in [-0.2, 0) is 4.74 Å². The van der Waals surface area contributed by atoms with Crippen molar-refractivity contribution >= 4 is 5.97 Å². The number of rotatable bonds is 5. The van der Waals surface area contributed by atoms with E-state index in [1.165, 1.54) is 0 Å². The van der Waals surface area contributed by atoms with Crippen molar-refractivity contribution in [3.63, 3.8) is 0 Å². The van der Waals surface area contributed by atoms with E-state index >= 15 is 0 Å². The molecule has 0 aliphatic heterocycles. The molecule has 5 heteroatoms. The molecular weight excluding hydrogens is 304 g/mol. The van der Waals surface area contributed by atoms with Crippen LogP contribution >= 0.6 is 0 Å². The maximum absolute atomic E-state index is 11.7. The maximum Gasteiger partial charge on any atom is 0.338 e. The minimum Gasteiger partial charge on any atom is -0.497 e. The zero-order valence-corrected chi connectivity index (χ0v) is 13.6. The number of esters is 1. The molecule has 3 aromatic rings. The third kappa shape index (κ3) is 3.30. The van der Waals surface area contributed by atoms with Gasteiger partial charge in [-0.2, -0.15) is 5.10 Å². The standard InChI is InChI=1S/C19H18N2O3/c1-3-24-19(22)15-6-4-13(5-7-15)17-12-18(21-20-17)14-8-10-16(23-2)11-9-14/h4-12H,3H2,1-2H3,(H,20,21). The van der Waals surface area contributed by atoms with Gasteiger partial charge in [0.2, 0.25) is 0 Å². The number of hydrogen-bond donors (Lipinski definition) is 1. The molecule has 5 nitrogen and oxygen atoms in total. The van der Waals surface area contributed by atoms with Gasteiger partial charge in [0.05, 0.1) is 30.7 Å². The normalized spacial score (nSPS) is 10.4. The van der Waals surface area contributed by atoms with Crippen LogP contribution < -0.4 is 4.74 Å². The van der Waals surface area contributed by atoms with Crippen molar-refractivity contribution < 1.29 is 14.3 Å². The smallest absolute Gasteiger partial charge is 0.338 e. The predicted octanol–water partition coefficient (Wildman–Crippen LogP) is 3.93. The van der Waals surface area contributed by atoms with Gasteiger partial charge in [-0.05, 0) is 55.0 Å². The lowest BCUT2D eigenvalue weighted by atomic mass is 10.1. The Kier molecular flexibility index (Phi) is 4.61. The highest BCUT2D eigenvalue weighted by atomic mass is 16.5. The molecule has 0 spiro atoms. The predicted molar refractivity (Wildman–Crippen MR) is 92.0 cm³/mol. The first-order chi connectivity index (χ1) is 11.7. The average molecular weight is 322 g/mol. The Balaban J connectivity index is 1.80. The summed E-state index contributed by atoms with van der Waals surface area (Å²) in [5.41, 5.74) is 4.23. The zero-order chi connectivity index (χ0) is 16.9. The van der Waals surface area contributed by atoms with Crippen LogP contribution in [0.25, 0.3) is 22.5 Å². The number of methoxy groups -OCH3 is 1. The van der Waals surface area contributed by atoms with Gasteiger partial charge in [-0.1, -0.05) is 12.1 Å². The van der Waals surface area contributed by atoms with Crippen molar-refractivity contribution in [3.05, 3.63) is 60.2 Å². The Labute approximate surface area is 140 Å². The number of nitrogens with zero attached hydrogens (tertiary/aromatic N) is 1. The molecule has 122 valence electrons. The summed E-state index contributed by atoms with van der Waals surface area (Å²) in [6, 6.07) is 16.9. The number of carbonyl (C=O) groups is 1. The van der Waals surface area contributed by atoms with Crippen LogP contribution in [0.3, 0.4) is 0 Å². The van der Waals surface area contributed by atoms with Gasteiger partial charge in [0.1, 0.15) is 5.75 Å². The summed E-state index contributed by atoms with van der Waals surface area (Å²) in [7, 11) is 1.64. The van der Waals surface area contributed by atoms with Crippen LogP contribution in [0.2, 0.25) is 0 Å². The van der Waals surface area contributed by atoms with Gasteiger partial charge in [0.15, 0.2) is 0 Å². The summed E-state index contributed by atoms with van der Waals surface area (Å²) in [4.78, 5) is 11.7. The second-order valence-corrected chi connectivity index (χ2v) is 5.19. The fraction of sp³-hybridized carbons (Fsp3) is 0.158. The first kappa shape index (κ1) is 15.8. The van der Waals surface area contributed by atoms with Gasteiger partial charge in [-0.15, -0.1) is 0 Å². The SMILES string of the molecule is CCOC(=O)c1ccc(-c2cc(-c3ccc(OC)cc3)n[nH]2)cc1. The second-order valence-electron chi connectivity index (χ2n) is 5.19. The lowest BCUT2D eigenvalue weighted by Gasteiger charge is -2.02. The molecule has 0 amide bonds. The number of aromatic nitrogens is 2. The molecule has 2 aromatic carbocycles. The van der Waals surface area contributed by atoms with Crippen molar-refractivity contribution in [3.8, 4) is 28.3 Å². The summed E-state index contributed by atoms with van der Waals surface area (Å²) in [5, 5.41) is 7.37. The van der Waals surface area contributed by atoms with Gasteiger partial charge < -0.3 is 9.47 Å². The Morgan fingerprint density at radius 2 is 1.71 bits per heavy atom. The van der Waals surface area contributed by atoms with E-state index < -0.39 is 0 Å². The maximum atomic E-state index is 11.7. The average Bonchev–Trinajstić information content (AvgIpc) is 3.12. The molecular formula is C19H18N2O3. The number of ether oxygens (including phenoxy) is 2. The first-order valence-electron chi connectivity index (χ1n) is 7.68. The van der Waals surface area contributed by atoms with E-state index in [4.69, 9.17) is 9.47 Å². The molecule has 0 aliphatic carbocycles. The number of carbonyl (C=O) groups excluding carboxylic acids is 1. The Morgan fingerprint density at radius 1 is 1.04 bits per heavy atom. The Morgan fingerprint density at radius 3 is 2.33 bits per heavy atom. The third-order valence-electron chi connectivity index (χ3n) is 3.67. The number of H-pyrrole nitrogens is 1. The first-order valence-corrected chi connectivity index (χ1v) is 7.68. The van der Waals surface area contributed by atoms with E-state index in [9.17, 15) is 4.79 Å². The molecule has 0 saturated heterocycles. The van der Waals surface area contributed by atoms with E-state index in [1.54, 1.807) is 26.2 Å².